The van der Waals surface area contributed by atoms with Crippen molar-refractivity contribution < 1.29 is 0 Å². The van der Waals surface area contributed by atoms with Gasteiger partial charge in [-0.05, 0) is 40.1 Å². The summed E-state index contributed by atoms with van der Waals surface area (Å²) in [6.45, 7) is 4.38. The van der Waals surface area contributed by atoms with Gasteiger partial charge in [0.15, 0.2) is 0 Å². The van der Waals surface area contributed by atoms with E-state index < -0.39 is 0 Å². The third-order valence-electron chi connectivity index (χ3n) is 2.52. The Balaban J connectivity index is 2.88. The standard InChI is InChI=1S/C11H16IN/c1-3-8(2)11(13)9-6-4-5-7-10(9)12/h4-8,11H,3,13H2,1-2H3. The Morgan fingerprint density at radius 1 is 1.38 bits per heavy atom. The lowest BCUT2D eigenvalue weighted by Gasteiger charge is -2.19. The molecule has 2 N–H and O–H groups in total. The topological polar surface area (TPSA) is 26.0 Å². The second-order valence-corrected chi connectivity index (χ2v) is 4.60. The third kappa shape index (κ3) is 2.68. The molecule has 1 aromatic carbocycles. The first-order valence-electron chi connectivity index (χ1n) is 4.66. The van der Waals surface area contributed by atoms with Crippen LogP contribution in [0.25, 0.3) is 0 Å². The number of hydrogen-bond acceptors (Lipinski definition) is 1. The minimum atomic E-state index is 0.179. The Morgan fingerprint density at radius 2 is 2.00 bits per heavy atom. The predicted octanol–water partition coefficient (Wildman–Crippen LogP) is 3.34. The molecule has 0 aliphatic heterocycles. The fourth-order valence-corrected chi connectivity index (χ4v) is 2.05. The van der Waals surface area contributed by atoms with Crippen molar-refractivity contribution in [1.29, 1.82) is 0 Å². The lowest BCUT2D eigenvalue weighted by atomic mass is 9.93. The van der Waals surface area contributed by atoms with Crippen molar-refractivity contribution in [1.82, 2.24) is 0 Å². The van der Waals surface area contributed by atoms with Crippen LogP contribution in [-0.2, 0) is 0 Å². The summed E-state index contributed by atoms with van der Waals surface area (Å²) in [4.78, 5) is 0. The molecule has 0 fully saturated rings. The van der Waals surface area contributed by atoms with Crippen LogP contribution in [0, 0.1) is 9.49 Å². The average Bonchev–Trinajstić information content (AvgIpc) is 2.16. The Hall–Kier alpha value is -0.0900. The highest BCUT2D eigenvalue weighted by Crippen LogP contribution is 2.25. The fourth-order valence-electron chi connectivity index (χ4n) is 1.31. The zero-order chi connectivity index (χ0) is 9.84. The van der Waals surface area contributed by atoms with Gasteiger partial charge in [0.2, 0.25) is 0 Å². The van der Waals surface area contributed by atoms with Crippen LogP contribution in [-0.4, -0.2) is 0 Å². The van der Waals surface area contributed by atoms with Gasteiger partial charge in [-0.3, -0.25) is 0 Å². The first-order chi connectivity index (χ1) is 6.16. The molecule has 0 spiro atoms. The van der Waals surface area contributed by atoms with Crippen LogP contribution in [0.3, 0.4) is 0 Å². The minimum Gasteiger partial charge on any atom is -0.324 e. The fraction of sp³-hybridized carbons (Fsp3) is 0.455. The molecule has 0 saturated carbocycles. The summed E-state index contributed by atoms with van der Waals surface area (Å²) in [5.41, 5.74) is 7.42. The van der Waals surface area contributed by atoms with Gasteiger partial charge < -0.3 is 5.73 Å². The van der Waals surface area contributed by atoms with Gasteiger partial charge in [-0.1, -0.05) is 38.5 Å². The van der Waals surface area contributed by atoms with E-state index in [4.69, 9.17) is 5.73 Å². The maximum Gasteiger partial charge on any atom is 0.0331 e. The molecule has 0 aliphatic rings. The van der Waals surface area contributed by atoms with Gasteiger partial charge in [-0.25, -0.2) is 0 Å². The maximum atomic E-state index is 6.15. The number of halogens is 1. The normalized spacial score (nSPS) is 15.4. The molecule has 1 aromatic rings. The minimum absolute atomic E-state index is 0.179. The first kappa shape index (κ1) is 11.0. The van der Waals surface area contributed by atoms with E-state index in [1.807, 2.05) is 0 Å². The first-order valence-corrected chi connectivity index (χ1v) is 5.74. The summed E-state index contributed by atoms with van der Waals surface area (Å²) in [5, 5.41) is 0. The van der Waals surface area contributed by atoms with E-state index in [2.05, 4.69) is 60.7 Å². The highest BCUT2D eigenvalue weighted by molar-refractivity contribution is 14.1. The smallest absolute Gasteiger partial charge is 0.0331 e. The molecule has 1 nitrogen and oxygen atoms in total. The van der Waals surface area contributed by atoms with Crippen molar-refractivity contribution in [2.75, 3.05) is 0 Å². The number of benzene rings is 1. The van der Waals surface area contributed by atoms with E-state index in [1.165, 1.54) is 9.13 Å². The monoisotopic (exact) mass is 289 g/mol. The van der Waals surface area contributed by atoms with Gasteiger partial charge in [-0.2, -0.15) is 0 Å². The molecule has 0 amide bonds. The quantitative estimate of drug-likeness (QED) is 0.849. The van der Waals surface area contributed by atoms with E-state index in [9.17, 15) is 0 Å². The van der Waals surface area contributed by atoms with Gasteiger partial charge in [-0.15, -0.1) is 0 Å². The second-order valence-electron chi connectivity index (χ2n) is 3.43. The average molecular weight is 289 g/mol. The van der Waals surface area contributed by atoms with Gasteiger partial charge in [0.1, 0.15) is 0 Å². The van der Waals surface area contributed by atoms with Gasteiger partial charge in [0.05, 0.1) is 0 Å². The lowest BCUT2D eigenvalue weighted by Crippen LogP contribution is -2.19. The van der Waals surface area contributed by atoms with Crippen LogP contribution < -0.4 is 5.73 Å². The summed E-state index contributed by atoms with van der Waals surface area (Å²) >= 11 is 2.35. The highest BCUT2D eigenvalue weighted by atomic mass is 127. The molecule has 0 saturated heterocycles. The van der Waals surface area contributed by atoms with Crippen LogP contribution in [0.4, 0.5) is 0 Å². The summed E-state index contributed by atoms with van der Waals surface area (Å²) in [5.74, 6) is 0.552. The summed E-state index contributed by atoms with van der Waals surface area (Å²) in [6.07, 6.45) is 1.13. The molecule has 0 radical (unpaired) electrons. The van der Waals surface area contributed by atoms with Crippen molar-refractivity contribution in [3.8, 4) is 0 Å². The van der Waals surface area contributed by atoms with Crippen molar-refractivity contribution in [2.24, 2.45) is 11.7 Å². The lowest BCUT2D eigenvalue weighted by molar-refractivity contribution is 0.455. The molecule has 0 heterocycles. The number of nitrogens with two attached hydrogens (primary N) is 1. The molecule has 2 heteroatoms. The Bertz CT molecular complexity index is 273. The molecule has 13 heavy (non-hydrogen) atoms. The second kappa shape index (κ2) is 4.96. The Morgan fingerprint density at radius 3 is 2.54 bits per heavy atom. The summed E-state index contributed by atoms with van der Waals surface area (Å²) in [6, 6.07) is 8.52. The van der Waals surface area contributed by atoms with Crippen molar-refractivity contribution in [3.05, 3.63) is 33.4 Å². The molecular weight excluding hydrogens is 273 g/mol. The van der Waals surface area contributed by atoms with Gasteiger partial charge >= 0.3 is 0 Å². The number of hydrogen-bond donors (Lipinski definition) is 1. The van der Waals surface area contributed by atoms with Crippen molar-refractivity contribution in [2.45, 2.75) is 26.3 Å². The third-order valence-corrected chi connectivity index (χ3v) is 3.50. The van der Waals surface area contributed by atoms with E-state index in [-0.39, 0.29) is 6.04 Å². The van der Waals surface area contributed by atoms with Gasteiger partial charge in [0.25, 0.3) is 0 Å². The van der Waals surface area contributed by atoms with E-state index >= 15 is 0 Å². The van der Waals surface area contributed by atoms with E-state index in [1.54, 1.807) is 0 Å². The molecule has 2 unspecified atom stereocenters. The molecule has 72 valence electrons. The van der Waals surface area contributed by atoms with Crippen LogP contribution in [0.15, 0.2) is 24.3 Å². The van der Waals surface area contributed by atoms with Crippen LogP contribution >= 0.6 is 22.6 Å². The van der Waals surface area contributed by atoms with Crippen molar-refractivity contribution in [3.63, 3.8) is 0 Å². The molecule has 2 atom stereocenters. The van der Waals surface area contributed by atoms with Crippen molar-refractivity contribution >= 4 is 22.6 Å². The highest BCUT2D eigenvalue weighted by Gasteiger charge is 2.14. The summed E-state index contributed by atoms with van der Waals surface area (Å²) < 4.78 is 1.27. The van der Waals surface area contributed by atoms with Crippen LogP contribution in [0.1, 0.15) is 31.9 Å². The van der Waals surface area contributed by atoms with Crippen LogP contribution in [0.5, 0.6) is 0 Å². The number of rotatable bonds is 3. The van der Waals surface area contributed by atoms with Crippen LogP contribution in [0.2, 0.25) is 0 Å². The molecule has 0 bridgehead atoms. The molecule has 0 aromatic heterocycles. The van der Waals surface area contributed by atoms with E-state index in [0.717, 1.165) is 6.42 Å². The zero-order valence-electron chi connectivity index (χ0n) is 8.13. The summed E-state index contributed by atoms with van der Waals surface area (Å²) in [7, 11) is 0. The molecule has 0 aliphatic carbocycles. The zero-order valence-corrected chi connectivity index (χ0v) is 10.3. The Labute approximate surface area is 93.9 Å². The SMILES string of the molecule is CCC(C)C(N)c1ccccc1I. The van der Waals surface area contributed by atoms with Gasteiger partial charge in [0, 0.05) is 9.61 Å². The van der Waals surface area contributed by atoms with E-state index in [0.29, 0.717) is 5.92 Å². The largest absolute Gasteiger partial charge is 0.324 e. The molecule has 1 rings (SSSR count). The predicted molar refractivity (Wildman–Crippen MR) is 65.5 cm³/mol. The maximum absolute atomic E-state index is 6.15. The molecular formula is C11H16IN. The Kier molecular flexibility index (Phi) is 4.19.